The van der Waals surface area contributed by atoms with Crippen molar-refractivity contribution in [3.05, 3.63) is 78.4 Å². The normalized spacial score (nSPS) is 12.9. The lowest BCUT2D eigenvalue weighted by Gasteiger charge is -2.20. The SMILES string of the molecule is O=S(=O)(Nc1cccc(CNCCOc2cccc3c2OCCO3)c1)c1ccccc1. The van der Waals surface area contributed by atoms with Crippen molar-refractivity contribution in [2.45, 2.75) is 11.4 Å². The van der Waals surface area contributed by atoms with Crippen LogP contribution in [0.5, 0.6) is 17.2 Å². The molecule has 7 nitrogen and oxygen atoms in total. The van der Waals surface area contributed by atoms with Gasteiger partial charge in [-0.05, 0) is 42.0 Å². The predicted octanol–water partition coefficient (Wildman–Crippen LogP) is 3.43. The van der Waals surface area contributed by atoms with Crippen molar-refractivity contribution in [1.29, 1.82) is 0 Å². The van der Waals surface area contributed by atoms with Crippen molar-refractivity contribution in [3.8, 4) is 17.2 Å². The first-order valence-corrected chi connectivity index (χ1v) is 11.5. The molecule has 0 spiro atoms. The minimum absolute atomic E-state index is 0.230. The van der Waals surface area contributed by atoms with Gasteiger partial charge < -0.3 is 19.5 Å². The van der Waals surface area contributed by atoms with Crippen molar-refractivity contribution >= 4 is 15.7 Å². The van der Waals surface area contributed by atoms with E-state index in [4.69, 9.17) is 14.2 Å². The molecule has 0 radical (unpaired) electrons. The van der Waals surface area contributed by atoms with E-state index in [0.29, 0.717) is 55.8 Å². The summed E-state index contributed by atoms with van der Waals surface area (Å²) in [5, 5.41) is 3.30. The minimum atomic E-state index is -3.61. The van der Waals surface area contributed by atoms with E-state index in [9.17, 15) is 8.42 Å². The second kappa shape index (κ2) is 9.72. The molecule has 0 atom stereocenters. The Hall–Kier alpha value is -3.23. The number of ether oxygens (including phenoxy) is 3. The lowest BCUT2D eigenvalue weighted by molar-refractivity contribution is 0.162. The van der Waals surface area contributed by atoms with E-state index in [1.807, 2.05) is 36.4 Å². The van der Waals surface area contributed by atoms with Gasteiger partial charge in [0.2, 0.25) is 5.75 Å². The van der Waals surface area contributed by atoms with E-state index >= 15 is 0 Å². The summed E-state index contributed by atoms with van der Waals surface area (Å²) < 4.78 is 44.6. The van der Waals surface area contributed by atoms with E-state index in [1.54, 1.807) is 36.4 Å². The smallest absolute Gasteiger partial charge is 0.261 e. The van der Waals surface area contributed by atoms with Crippen molar-refractivity contribution in [3.63, 3.8) is 0 Å². The van der Waals surface area contributed by atoms with E-state index in [-0.39, 0.29) is 4.90 Å². The molecule has 0 saturated carbocycles. The zero-order chi connectivity index (χ0) is 21.5. The van der Waals surface area contributed by atoms with Crippen LogP contribution in [0.1, 0.15) is 5.56 Å². The fourth-order valence-corrected chi connectivity index (χ4v) is 4.26. The Morgan fingerprint density at radius 3 is 2.58 bits per heavy atom. The van der Waals surface area contributed by atoms with Crippen molar-refractivity contribution in [1.82, 2.24) is 5.32 Å². The Balaban J connectivity index is 1.27. The number of nitrogens with one attached hydrogen (secondary N) is 2. The van der Waals surface area contributed by atoms with E-state index in [1.165, 1.54) is 0 Å². The van der Waals surface area contributed by atoms with E-state index < -0.39 is 10.0 Å². The monoisotopic (exact) mass is 440 g/mol. The molecule has 31 heavy (non-hydrogen) atoms. The molecule has 162 valence electrons. The molecule has 3 aromatic carbocycles. The Bertz CT molecular complexity index is 1120. The molecule has 3 aromatic rings. The van der Waals surface area contributed by atoms with Crippen LogP contribution < -0.4 is 24.2 Å². The fourth-order valence-electron chi connectivity index (χ4n) is 3.19. The highest BCUT2D eigenvalue weighted by atomic mass is 32.2. The number of rotatable bonds is 9. The van der Waals surface area contributed by atoms with Crippen LogP contribution in [0.3, 0.4) is 0 Å². The predicted molar refractivity (Wildman–Crippen MR) is 118 cm³/mol. The third-order valence-electron chi connectivity index (χ3n) is 4.63. The molecule has 0 aliphatic carbocycles. The maximum absolute atomic E-state index is 12.5. The average Bonchev–Trinajstić information content (AvgIpc) is 2.79. The van der Waals surface area contributed by atoms with Gasteiger partial charge >= 0.3 is 0 Å². The first-order chi connectivity index (χ1) is 15.1. The Morgan fingerprint density at radius 1 is 0.903 bits per heavy atom. The lowest BCUT2D eigenvalue weighted by atomic mass is 10.2. The molecule has 0 saturated heterocycles. The second-order valence-electron chi connectivity index (χ2n) is 6.92. The molecule has 1 heterocycles. The van der Waals surface area contributed by atoms with Gasteiger partial charge in [-0.15, -0.1) is 0 Å². The van der Waals surface area contributed by atoms with E-state index in [0.717, 1.165) is 5.56 Å². The van der Waals surface area contributed by atoms with E-state index in [2.05, 4.69) is 10.0 Å². The zero-order valence-electron chi connectivity index (χ0n) is 16.9. The molecule has 0 amide bonds. The largest absolute Gasteiger partial charge is 0.488 e. The second-order valence-corrected chi connectivity index (χ2v) is 8.61. The highest BCUT2D eigenvalue weighted by Gasteiger charge is 2.16. The molecular weight excluding hydrogens is 416 g/mol. The molecule has 2 N–H and O–H groups in total. The zero-order valence-corrected chi connectivity index (χ0v) is 17.7. The van der Waals surface area contributed by atoms with Crippen molar-refractivity contribution < 1.29 is 22.6 Å². The van der Waals surface area contributed by atoms with Gasteiger partial charge in [-0.25, -0.2) is 8.42 Å². The molecule has 8 heteroatoms. The highest BCUT2D eigenvalue weighted by molar-refractivity contribution is 7.92. The molecule has 1 aliphatic rings. The number of benzene rings is 3. The van der Waals surface area contributed by atoms with Gasteiger partial charge in [0, 0.05) is 18.8 Å². The number of sulfonamides is 1. The highest BCUT2D eigenvalue weighted by Crippen LogP contribution is 2.38. The molecule has 4 rings (SSSR count). The molecule has 0 bridgehead atoms. The Kier molecular flexibility index (Phi) is 6.59. The molecule has 0 unspecified atom stereocenters. The summed E-state index contributed by atoms with van der Waals surface area (Å²) in [6.45, 7) is 2.70. The van der Waals surface area contributed by atoms with Gasteiger partial charge in [0.25, 0.3) is 10.0 Å². The maximum atomic E-state index is 12.5. The Labute approximate surface area is 182 Å². The van der Waals surface area contributed by atoms with Crippen LogP contribution in [0, 0.1) is 0 Å². The number of fused-ring (bicyclic) bond motifs is 1. The minimum Gasteiger partial charge on any atom is -0.488 e. The van der Waals surface area contributed by atoms with Crippen LogP contribution in [0.15, 0.2) is 77.7 Å². The number of anilines is 1. The van der Waals surface area contributed by atoms with Crippen LogP contribution in [-0.4, -0.2) is 34.8 Å². The number of hydrogen-bond donors (Lipinski definition) is 2. The summed E-state index contributed by atoms with van der Waals surface area (Å²) in [5.41, 5.74) is 1.48. The van der Waals surface area contributed by atoms with Crippen LogP contribution in [0.4, 0.5) is 5.69 Å². The van der Waals surface area contributed by atoms with Crippen LogP contribution in [0.25, 0.3) is 0 Å². The fraction of sp³-hybridized carbons (Fsp3) is 0.217. The molecular formula is C23H24N2O5S. The molecule has 0 aromatic heterocycles. The van der Waals surface area contributed by atoms with Crippen molar-refractivity contribution in [2.75, 3.05) is 31.1 Å². The van der Waals surface area contributed by atoms with Gasteiger partial charge in [0.15, 0.2) is 11.5 Å². The summed E-state index contributed by atoms with van der Waals surface area (Å²) in [7, 11) is -3.61. The standard InChI is InChI=1S/C23H24N2O5S/c26-31(27,20-8-2-1-3-9-20)25-19-7-4-6-18(16-19)17-24-12-13-28-21-10-5-11-22-23(21)30-15-14-29-22/h1-11,16,24-25H,12-15,17H2. The molecule has 0 fully saturated rings. The van der Waals surface area contributed by atoms with Gasteiger partial charge in [0.1, 0.15) is 19.8 Å². The summed E-state index contributed by atoms with van der Waals surface area (Å²) in [5.74, 6) is 2.01. The van der Waals surface area contributed by atoms with Gasteiger partial charge in [-0.3, -0.25) is 4.72 Å². The summed E-state index contributed by atoms with van der Waals surface area (Å²) >= 11 is 0. The van der Waals surface area contributed by atoms with Crippen LogP contribution >= 0.6 is 0 Å². The van der Waals surface area contributed by atoms with Gasteiger partial charge in [0.05, 0.1) is 4.90 Å². The third kappa shape index (κ3) is 5.48. The summed E-state index contributed by atoms with van der Waals surface area (Å²) in [6, 6.07) is 21.2. The first-order valence-electron chi connectivity index (χ1n) is 10.0. The van der Waals surface area contributed by atoms with Crippen molar-refractivity contribution in [2.24, 2.45) is 0 Å². The van der Waals surface area contributed by atoms with Crippen LogP contribution in [-0.2, 0) is 16.6 Å². The Morgan fingerprint density at radius 2 is 1.71 bits per heavy atom. The topological polar surface area (TPSA) is 85.9 Å². The van der Waals surface area contributed by atoms with Gasteiger partial charge in [-0.1, -0.05) is 36.4 Å². The quantitative estimate of drug-likeness (QED) is 0.496. The molecule has 1 aliphatic heterocycles. The maximum Gasteiger partial charge on any atom is 0.261 e. The van der Waals surface area contributed by atoms with Gasteiger partial charge in [-0.2, -0.15) is 0 Å². The lowest BCUT2D eigenvalue weighted by Crippen LogP contribution is -2.21. The number of para-hydroxylation sites is 1. The van der Waals surface area contributed by atoms with Crippen LogP contribution in [0.2, 0.25) is 0 Å². The first kappa shape index (κ1) is 21.0. The average molecular weight is 441 g/mol. The summed E-state index contributed by atoms with van der Waals surface area (Å²) in [4.78, 5) is 0.230. The third-order valence-corrected chi connectivity index (χ3v) is 6.03. The summed E-state index contributed by atoms with van der Waals surface area (Å²) in [6.07, 6.45) is 0. The number of hydrogen-bond acceptors (Lipinski definition) is 6.